The van der Waals surface area contributed by atoms with E-state index in [1.165, 1.54) is 12.1 Å². The second-order valence-corrected chi connectivity index (χ2v) is 9.30. The number of phenols is 1. The van der Waals surface area contributed by atoms with Gasteiger partial charge in [0.25, 0.3) is 0 Å². The Kier molecular flexibility index (Phi) is 6.66. The highest BCUT2D eigenvalue weighted by molar-refractivity contribution is 5.84. The van der Waals surface area contributed by atoms with Crippen molar-refractivity contribution in [3.05, 3.63) is 108 Å². The van der Waals surface area contributed by atoms with Gasteiger partial charge < -0.3 is 16.2 Å². The van der Waals surface area contributed by atoms with Crippen molar-refractivity contribution in [1.29, 1.82) is 0 Å². The molecule has 0 unspecified atom stereocenters. The second-order valence-electron chi connectivity index (χ2n) is 9.30. The summed E-state index contributed by atoms with van der Waals surface area (Å²) >= 11 is 0. The Labute approximate surface area is 233 Å². The quantitative estimate of drug-likeness (QED) is 0.246. The molecule has 0 aliphatic carbocycles. The van der Waals surface area contributed by atoms with Crippen LogP contribution in [-0.2, 0) is 17.8 Å². The Balaban J connectivity index is 1.28. The van der Waals surface area contributed by atoms with Gasteiger partial charge in [-0.05, 0) is 65.7 Å². The predicted molar refractivity (Wildman–Crippen MR) is 153 cm³/mol. The highest BCUT2D eigenvalue weighted by Gasteiger charge is 2.19. The molecule has 6 aromatic rings. The fourth-order valence-electron chi connectivity index (χ4n) is 4.52. The number of hydrogen-bond acceptors (Lipinski definition) is 8. The second kappa shape index (κ2) is 10.7. The number of carbonyl (C=O) groups excluding carboxylic acids is 2. The maximum Gasteiger partial charge on any atom is 0.224 e. The number of aromatic hydroxyl groups is 1. The first-order valence-corrected chi connectivity index (χ1v) is 12.7. The number of nitrogens with two attached hydrogens (primary N) is 1. The number of amides is 1. The van der Waals surface area contributed by atoms with Crippen molar-refractivity contribution in [2.45, 2.75) is 13.0 Å². The number of benzene rings is 2. The largest absolute Gasteiger partial charge is 0.507 e. The number of nitrogens with zero attached hydrogens (tertiary/aromatic N) is 6. The maximum atomic E-state index is 12.5. The fraction of sp³-hybridized carbons (Fsp3) is 0.0667. The third-order valence-corrected chi connectivity index (χ3v) is 6.58. The minimum Gasteiger partial charge on any atom is -0.507 e. The zero-order valence-corrected chi connectivity index (χ0v) is 21.7. The first-order chi connectivity index (χ1) is 20.0. The number of aromatic nitrogens is 6. The molecule has 1 amide bonds. The zero-order valence-electron chi connectivity index (χ0n) is 21.7. The predicted octanol–water partition coefficient (Wildman–Crippen LogP) is 3.63. The average Bonchev–Trinajstić information content (AvgIpc) is 3.65. The van der Waals surface area contributed by atoms with Crippen molar-refractivity contribution in [1.82, 2.24) is 34.6 Å². The Morgan fingerprint density at radius 2 is 1.80 bits per heavy atom. The van der Waals surface area contributed by atoms with Gasteiger partial charge in [-0.15, -0.1) is 0 Å². The van der Waals surface area contributed by atoms with Gasteiger partial charge in [0.2, 0.25) is 5.91 Å². The number of fused-ring (bicyclic) bond motifs is 1. The van der Waals surface area contributed by atoms with E-state index in [0.29, 0.717) is 52.6 Å². The molecule has 6 rings (SSSR count). The Bertz CT molecular complexity index is 1880. The summed E-state index contributed by atoms with van der Waals surface area (Å²) < 4.78 is 3.60. The van der Waals surface area contributed by atoms with E-state index in [4.69, 9.17) is 15.7 Å². The zero-order chi connectivity index (χ0) is 28.3. The number of imidazole rings is 1. The highest BCUT2D eigenvalue weighted by atomic mass is 16.3. The summed E-state index contributed by atoms with van der Waals surface area (Å²) in [5.74, 6) is 1.23. The van der Waals surface area contributed by atoms with Crippen molar-refractivity contribution in [3.8, 4) is 28.6 Å². The van der Waals surface area contributed by atoms with Crippen LogP contribution in [0.2, 0.25) is 0 Å². The molecule has 0 spiro atoms. The lowest BCUT2D eigenvalue weighted by molar-refractivity contribution is -0.120. The van der Waals surface area contributed by atoms with E-state index in [-0.39, 0.29) is 23.6 Å². The number of anilines is 1. The number of hydrogen-bond donors (Lipinski definition) is 3. The van der Waals surface area contributed by atoms with E-state index >= 15 is 0 Å². The molecule has 0 saturated heterocycles. The summed E-state index contributed by atoms with van der Waals surface area (Å²) in [6.07, 6.45) is 5.78. The van der Waals surface area contributed by atoms with Gasteiger partial charge in [0.15, 0.2) is 23.6 Å². The highest BCUT2D eigenvalue weighted by Crippen LogP contribution is 2.30. The van der Waals surface area contributed by atoms with Crippen molar-refractivity contribution < 1.29 is 14.7 Å². The van der Waals surface area contributed by atoms with Gasteiger partial charge in [0.05, 0.1) is 17.5 Å². The molecule has 4 N–H and O–H groups in total. The van der Waals surface area contributed by atoms with Crippen LogP contribution in [0.15, 0.2) is 91.4 Å². The Hall–Kier alpha value is -5.84. The van der Waals surface area contributed by atoms with Crippen molar-refractivity contribution in [2.75, 3.05) is 5.73 Å². The molecule has 0 aliphatic rings. The molecule has 11 nitrogen and oxygen atoms in total. The molecule has 41 heavy (non-hydrogen) atoms. The molecule has 11 heteroatoms. The van der Waals surface area contributed by atoms with Crippen molar-refractivity contribution >= 4 is 29.2 Å². The summed E-state index contributed by atoms with van der Waals surface area (Å²) in [6.45, 7) is 0.312. The van der Waals surface area contributed by atoms with Gasteiger partial charge in [0.1, 0.15) is 17.1 Å². The van der Waals surface area contributed by atoms with Crippen LogP contribution < -0.4 is 11.1 Å². The topological polar surface area (TPSA) is 154 Å². The van der Waals surface area contributed by atoms with Crippen molar-refractivity contribution in [2.24, 2.45) is 0 Å². The summed E-state index contributed by atoms with van der Waals surface area (Å²) in [6, 6.07) is 21.5. The van der Waals surface area contributed by atoms with E-state index < -0.39 is 0 Å². The minimum atomic E-state index is -0.211. The van der Waals surface area contributed by atoms with E-state index in [0.717, 1.165) is 11.3 Å². The summed E-state index contributed by atoms with van der Waals surface area (Å²) in [5.41, 5.74) is 10.7. The maximum absolute atomic E-state index is 12.5. The number of rotatable bonds is 8. The lowest BCUT2D eigenvalue weighted by Gasteiger charge is -2.12. The summed E-state index contributed by atoms with van der Waals surface area (Å²) in [5, 5.41) is 17.0. The Morgan fingerprint density at radius 3 is 2.54 bits per heavy atom. The molecule has 0 fully saturated rings. The lowest BCUT2D eigenvalue weighted by Crippen LogP contribution is -2.24. The van der Waals surface area contributed by atoms with Crippen LogP contribution in [0.5, 0.6) is 5.75 Å². The SMILES string of the molecule is Nc1ncccc1-c1nc2ccc(-n3cccn3)nc2n1-c1ccc(CNC(=O)Cc2ccc(C=O)c(O)c2)cc1. The number of nitrogens with one attached hydrogen (secondary N) is 1. The van der Waals surface area contributed by atoms with Gasteiger partial charge >= 0.3 is 0 Å². The van der Waals surface area contributed by atoms with Gasteiger partial charge in [-0.25, -0.2) is 19.6 Å². The molecule has 0 saturated carbocycles. The van der Waals surface area contributed by atoms with Gasteiger partial charge in [-0.2, -0.15) is 5.10 Å². The van der Waals surface area contributed by atoms with E-state index in [9.17, 15) is 14.7 Å². The molecular formula is C30H24N8O3. The molecule has 0 aliphatic heterocycles. The number of aldehydes is 1. The van der Waals surface area contributed by atoms with Crippen LogP contribution in [0.3, 0.4) is 0 Å². The molecule has 4 aromatic heterocycles. The van der Waals surface area contributed by atoms with E-state index in [1.807, 2.05) is 65.4 Å². The summed E-state index contributed by atoms with van der Waals surface area (Å²) in [7, 11) is 0. The molecule has 2 aromatic carbocycles. The molecular weight excluding hydrogens is 520 g/mol. The normalized spacial score (nSPS) is 11.0. The first-order valence-electron chi connectivity index (χ1n) is 12.7. The first kappa shape index (κ1) is 25.4. The smallest absolute Gasteiger partial charge is 0.224 e. The Morgan fingerprint density at radius 1 is 0.976 bits per heavy atom. The molecule has 0 atom stereocenters. The standard InChI is InChI=1S/C30H24N8O3/c31-28-23(3-1-12-32-28)29-35-24-10-11-26(37-14-2-13-34-37)36-30(24)38(29)22-8-5-19(6-9-22)17-33-27(41)16-20-4-7-21(18-39)25(40)15-20/h1-15,18,40H,16-17H2,(H2,31,32)(H,33,41). The van der Waals surface area contributed by atoms with Crippen molar-refractivity contribution in [3.63, 3.8) is 0 Å². The number of nitrogen functional groups attached to an aromatic ring is 1. The van der Waals surface area contributed by atoms with Crippen LogP contribution >= 0.6 is 0 Å². The monoisotopic (exact) mass is 544 g/mol. The number of carbonyl (C=O) groups is 2. The van der Waals surface area contributed by atoms with Crippen LogP contribution in [0.4, 0.5) is 5.82 Å². The van der Waals surface area contributed by atoms with Crippen LogP contribution in [0, 0.1) is 0 Å². The summed E-state index contributed by atoms with van der Waals surface area (Å²) in [4.78, 5) is 37.3. The third kappa shape index (κ3) is 5.11. The minimum absolute atomic E-state index is 0.0754. The van der Waals surface area contributed by atoms with E-state index in [1.54, 1.807) is 23.1 Å². The fourth-order valence-corrected chi connectivity index (χ4v) is 4.52. The molecule has 0 bridgehead atoms. The van der Waals surface area contributed by atoms with Gasteiger partial charge in [0, 0.05) is 30.8 Å². The number of pyridine rings is 2. The van der Waals surface area contributed by atoms with Crippen LogP contribution in [0.1, 0.15) is 21.5 Å². The third-order valence-electron chi connectivity index (χ3n) is 6.58. The number of phenolic OH excluding ortho intramolecular Hbond substituents is 1. The van der Waals surface area contributed by atoms with Crippen LogP contribution in [-0.4, -0.2) is 46.6 Å². The van der Waals surface area contributed by atoms with E-state index in [2.05, 4.69) is 15.4 Å². The van der Waals surface area contributed by atoms with Crippen LogP contribution in [0.25, 0.3) is 34.1 Å². The molecule has 0 radical (unpaired) electrons. The van der Waals surface area contributed by atoms with Gasteiger partial charge in [-0.1, -0.05) is 18.2 Å². The molecule has 202 valence electrons. The average molecular weight is 545 g/mol. The lowest BCUT2D eigenvalue weighted by atomic mass is 10.1. The molecule has 4 heterocycles. The van der Waals surface area contributed by atoms with Gasteiger partial charge in [-0.3, -0.25) is 14.2 Å².